The zero-order chi connectivity index (χ0) is 17.5. The fraction of sp³-hybridized carbons (Fsp3) is 0.667. The highest BCUT2D eigenvalue weighted by Gasteiger charge is 2.33. The summed E-state index contributed by atoms with van der Waals surface area (Å²) in [6.45, 7) is 5.75. The molecule has 0 bridgehead atoms. The third-order valence-corrected chi connectivity index (χ3v) is 5.89. The molecule has 1 saturated carbocycles. The summed E-state index contributed by atoms with van der Waals surface area (Å²) in [5.41, 5.74) is 3.35. The van der Waals surface area contributed by atoms with Gasteiger partial charge in [-0.3, -0.25) is 4.99 Å². The average molecular weight is 471 g/mol. The van der Waals surface area contributed by atoms with Crippen LogP contribution in [0.4, 0.5) is 0 Å². The molecule has 1 atom stereocenters. The molecule has 4 nitrogen and oxygen atoms in total. The number of benzene rings is 1. The molecular formula is C21H34IN3O. The molecule has 2 aliphatic rings. The number of halogens is 1. The van der Waals surface area contributed by atoms with Crippen LogP contribution in [0, 0.1) is 5.41 Å². The Morgan fingerprint density at radius 2 is 2.00 bits per heavy atom. The van der Waals surface area contributed by atoms with Crippen LogP contribution < -0.4 is 10.6 Å². The summed E-state index contributed by atoms with van der Waals surface area (Å²) in [7, 11) is 1.80. The van der Waals surface area contributed by atoms with Crippen molar-refractivity contribution >= 4 is 29.9 Å². The van der Waals surface area contributed by atoms with Crippen LogP contribution in [-0.4, -0.2) is 39.3 Å². The molecule has 0 amide bonds. The molecular weight excluding hydrogens is 437 g/mol. The lowest BCUT2D eigenvalue weighted by molar-refractivity contribution is 0.141. The molecule has 0 spiro atoms. The lowest BCUT2D eigenvalue weighted by atomic mass is 9.78. The molecule has 1 fully saturated rings. The van der Waals surface area contributed by atoms with Crippen molar-refractivity contribution in [2.24, 2.45) is 10.4 Å². The maximum Gasteiger partial charge on any atom is 0.191 e. The van der Waals surface area contributed by atoms with Gasteiger partial charge in [0.05, 0.1) is 0 Å². The first-order valence-electron chi connectivity index (χ1n) is 9.85. The Morgan fingerprint density at radius 1 is 1.23 bits per heavy atom. The number of fused-ring (bicyclic) bond motifs is 1. The van der Waals surface area contributed by atoms with E-state index < -0.39 is 0 Å². The molecule has 0 aliphatic heterocycles. The summed E-state index contributed by atoms with van der Waals surface area (Å²) in [4.78, 5) is 4.95. The molecule has 2 aliphatic carbocycles. The fourth-order valence-corrected chi connectivity index (χ4v) is 4.28. The lowest BCUT2D eigenvalue weighted by Gasteiger charge is -2.31. The van der Waals surface area contributed by atoms with Gasteiger partial charge in [0.15, 0.2) is 5.96 Å². The van der Waals surface area contributed by atoms with Crippen molar-refractivity contribution in [2.75, 3.05) is 33.4 Å². The van der Waals surface area contributed by atoms with Crippen LogP contribution >= 0.6 is 24.0 Å². The first kappa shape index (κ1) is 21.5. The average Bonchev–Trinajstić information content (AvgIpc) is 3.08. The van der Waals surface area contributed by atoms with E-state index in [1.807, 2.05) is 0 Å². The highest BCUT2D eigenvalue weighted by atomic mass is 127. The fourth-order valence-electron chi connectivity index (χ4n) is 4.28. The third kappa shape index (κ3) is 5.35. The second-order valence-corrected chi connectivity index (χ2v) is 7.63. The second kappa shape index (κ2) is 10.5. The minimum atomic E-state index is 0. The Labute approximate surface area is 175 Å². The summed E-state index contributed by atoms with van der Waals surface area (Å²) in [5.74, 6) is 1.59. The van der Waals surface area contributed by atoms with Crippen LogP contribution in [0.3, 0.4) is 0 Å². The van der Waals surface area contributed by atoms with Gasteiger partial charge in [-0.05, 0) is 49.1 Å². The minimum absolute atomic E-state index is 0. The number of methoxy groups -OCH3 is 1. The number of rotatable bonds is 8. The van der Waals surface area contributed by atoms with E-state index in [1.165, 1.54) is 43.2 Å². The van der Waals surface area contributed by atoms with Crippen molar-refractivity contribution in [1.29, 1.82) is 0 Å². The van der Waals surface area contributed by atoms with Crippen molar-refractivity contribution in [3.8, 4) is 0 Å². The van der Waals surface area contributed by atoms with Crippen molar-refractivity contribution in [1.82, 2.24) is 10.6 Å². The minimum Gasteiger partial charge on any atom is -0.385 e. The summed E-state index contributed by atoms with van der Waals surface area (Å²) < 4.78 is 5.34. The van der Waals surface area contributed by atoms with Crippen molar-refractivity contribution in [2.45, 2.75) is 51.4 Å². The van der Waals surface area contributed by atoms with Crippen LogP contribution in [0.2, 0.25) is 0 Å². The van der Waals surface area contributed by atoms with E-state index in [2.05, 4.69) is 41.8 Å². The molecule has 3 rings (SSSR count). The van der Waals surface area contributed by atoms with Gasteiger partial charge in [0.2, 0.25) is 0 Å². The van der Waals surface area contributed by atoms with E-state index >= 15 is 0 Å². The Kier molecular flexibility index (Phi) is 8.67. The van der Waals surface area contributed by atoms with Crippen LogP contribution in [0.1, 0.15) is 56.1 Å². The standard InChI is InChI=1S/C21H33N3O.HI/c1-3-22-20(23-15-18-14-17-8-4-5-9-19(17)18)24-16-21(12-13-25-2)10-6-7-11-21;/h4-5,8-9,18H,3,6-7,10-16H2,1-2H3,(H2,22,23,24);1H. The zero-order valence-corrected chi connectivity index (χ0v) is 18.6. The van der Waals surface area contributed by atoms with Gasteiger partial charge >= 0.3 is 0 Å². The monoisotopic (exact) mass is 471 g/mol. The maximum atomic E-state index is 5.34. The Bertz CT molecular complexity index is 584. The van der Waals surface area contributed by atoms with Gasteiger partial charge in [-0.15, -0.1) is 24.0 Å². The normalized spacial score (nSPS) is 20.7. The molecule has 0 aromatic heterocycles. The van der Waals surface area contributed by atoms with Crippen LogP contribution in [0.15, 0.2) is 29.3 Å². The SMILES string of the molecule is CCNC(=NCC1(CCOC)CCCC1)NCC1Cc2ccccc21.I. The van der Waals surface area contributed by atoms with Gasteiger partial charge in [0, 0.05) is 39.3 Å². The summed E-state index contributed by atoms with van der Waals surface area (Å²) in [6.07, 6.45) is 7.55. The number of nitrogens with zero attached hydrogens (tertiary/aromatic N) is 1. The number of ether oxygens (including phenoxy) is 1. The second-order valence-electron chi connectivity index (χ2n) is 7.63. The van der Waals surface area contributed by atoms with Gasteiger partial charge in [0.25, 0.3) is 0 Å². The van der Waals surface area contributed by atoms with Gasteiger partial charge < -0.3 is 15.4 Å². The Hall–Kier alpha value is -0.820. The zero-order valence-electron chi connectivity index (χ0n) is 16.2. The number of aliphatic imine (C=N–C) groups is 1. The first-order valence-corrected chi connectivity index (χ1v) is 9.85. The molecule has 1 aromatic rings. The molecule has 5 heteroatoms. The van der Waals surface area contributed by atoms with Gasteiger partial charge in [-0.2, -0.15) is 0 Å². The Morgan fingerprint density at radius 3 is 2.69 bits per heavy atom. The van der Waals surface area contributed by atoms with Gasteiger partial charge in [0.1, 0.15) is 0 Å². The number of hydrogen-bond donors (Lipinski definition) is 2. The quantitative estimate of drug-likeness (QED) is 0.341. The lowest BCUT2D eigenvalue weighted by Crippen LogP contribution is -2.42. The van der Waals surface area contributed by atoms with E-state index in [0.29, 0.717) is 11.3 Å². The summed E-state index contributed by atoms with van der Waals surface area (Å²) in [6, 6.07) is 8.78. The molecule has 26 heavy (non-hydrogen) atoms. The predicted molar refractivity (Wildman–Crippen MR) is 120 cm³/mol. The highest BCUT2D eigenvalue weighted by Crippen LogP contribution is 2.41. The maximum absolute atomic E-state index is 5.34. The Balaban J connectivity index is 0.00000243. The molecule has 1 aromatic carbocycles. The molecule has 0 heterocycles. The van der Waals surface area contributed by atoms with Crippen LogP contribution in [-0.2, 0) is 11.2 Å². The van der Waals surface area contributed by atoms with E-state index in [1.54, 1.807) is 7.11 Å². The van der Waals surface area contributed by atoms with Crippen LogP contribution in [0.5, 0.6) is 0 Å². The summed E-state index contributed by atoms with van der Waals surface area (Å²) in [5, 5.41) is 6.98. The van der Waals surface area contributed by atoms with E-state index in [4.69, 9.17) is 9.73 Å². The van der Waals surface area contributed by atoms with Crippen LogP contribution in [0.25, 0.3) is 0 Å². The first-order chi connectivity index (χ1) is 12.3. The molecule has 0 radical (unpaired) electrons. The largest absolute Gasteiger partial charge is 0.385 e. The van der Waals surface area contributed by atoms with Crippen molar-refractivity contribution in [3.63, 3.8) is 0 Å². The topological polar surface area (TPSA) is 45.7 Å². The van der Waals surface area contributed by atoms with Gasteiger partial charge in [-0.25, -0.2) is 0 Å². The smallest absolute Gasteiger partial charge is 0.191 e. The third-order valence-electron chi connectivity index (χ3n) is 5.89. The molecule has 1 unspecified atom stereocenters. The number of guanidine groups is 1. The predicted octanol–water partition coefficient (Wildman–Crippen LogP) is 4.10. The van der Waals surface area contributed by atoms with E-state index in [0.717, 1.165) is 38.6 Å². The van der Waals surface area contributed by atoms with E-state index in [-0.39, 0.29) is 24.0 Å². The van der Waals surface area contributed by atoms with Crippen molar-refractivity contribution < 1.29 is 4.74 Å². The van der Waals surface area contributed by atoms with E-state index in [9.17, 15) is 0 Å². The van der Waals surface area contributed by atoms with Gasteiger partial charge in [-0.1, -0.05) is 37.1 Å². The van der Waals surface area contributed by atoms with Crippen molar-refractivity contribution in [3.05, 3.63) is 35.4 Å². The molecule has 146 valence electrons. The molecule has 0 saturated heterocycles. The number of nitrogens with one attached hydrogen (secondary N) is 2. The molecule has 2 N–H and O–H groups in total. The number of hydrogen-bond acceptors (Lipinski definition) is 2. The summed E-state index contributed by atoms with van der Waals surface area (Å²) >= 11 is 0. The highest BCUT2D eigenvalue weighted by molar-refractivity contribution is 14.0.